The first-order valence-electron chi connectivity index (χ1n) is 8.92. The summed E-state index contributed by atoms with van der Waals surface area (Å²) in [6, 6.07) is 14.8. The summed E-state index contributed by atoms with van der Waals surface area (Å²) < 4.78 is 10.3. The first-order chi connectivity index (χ1) is 14.4. The molecule has 0 unspecified atom stereocenters. The van der Waals surface area contributed by atoms with Gasteiger partial charge in [-0.2, -0.15) is 10.2 Å². The third-order valence-electron chi connectivity index (χ3n) is 3.87. The van der Waals surface area contributed by atoms with E-state index in [9.17, 15) is 0 Å². The van der Waals surface area contributed by atoms with E-state index in [1.807, 2.05) is 62.4 Å². The van der Waals surface area contributed by atoms with Crippen LogP contribution < -0.4 is 31.0 Å². The van der Waals surface area contributed by atoms with E-state index in [-0.39, 0.29) is 0 Å². The van der Waals surface area contributed by atoms with Gasteiger partial charge in [0.15, 0.2) is 10.2 Å². The molecule has 8 nitrogen and oxygen atoms in total. The first kappa shape index (κ1) is 23.0. The average molecular weight is 445 g/mol. The van der Waals surface area contributed by atoms with E-state index >= 15 is 0 Å². The summed E-state index contributed by atoms with van der Waals surface area (Å²) in [4.78, 5) is 0. The molecule has 0 radical (unpaired) electrons. The Labute approximate surface area is 186 Å². The van der Waals surface area contributed by atoms with Gasteiger partial charge in [-0.25, -0.2) is 0 Å². The minimum atomic E-state index is 0.358. The van der Waals surface area contributed by atoms with Crippen molar-refractivity contribution < 1.29 is 9.47 Å². The molecule has 0 aromatic heterocycles. The van der Waals surface area contributed by atoms with Gasteiger partial charge in [0, 0.05) is 11.4 Å². The maximum atomic E-state index is 5.24. The van der Waals surface area contributed by atoms with Crippen LogP contribution in [0.5, 0.6) is 11.5 Å². The van der Waals surface area contributed by atoms with Gasteiger partial charge in [-0.1, -0.05) is 0 Å². The number of thiocarbonyl (C=S) groups is 2. The molecule has 0 heterocycles. The molecule has 2 rings (SSSR count). The van der Waals surface area contributed by atoms with Gasteiger partial charge in [-0.05, 0) is 86.8 Å². The monoisotopic (exact) mass is 444 g/mol. The van der Waals surface area contributed by atoms with Crippen molar-refractivity contribution in [3.05, 3.63) is 48.5 Å². The normalized spacial score (nSPS) is 11.3. The van der Waals surface area contributed by atoms with E-state index in [2.05, 4.69) is 31.7 Å². The summed E-state index contributed by atoms with van der Waals surface area (Å²) in [5.74, 6) is 1.54. The zero-order chi connectivity index (χ0) is 21.9. The highest BCUT2D eigenvalue weighted by Crippen LogP contribution is 2.15. The van der Waals surface area contributed by atoms with Crippen molar-refractivity contribution >= 4 is 57.5 Å². The van der Waals surface area contributed by atoms with E-state index in [4.69, 9.17) is 33.9 Å². The molecule has 0 bridgehead atoms. The van der Waals surface area contributed by atoms with Gasteiger partial charge in [0.1, 0.15) is 11.5 Å². The van der Waals surface area contributed by atoms with Crippen LogP contribution in [0.2, 0.25) is 0 Å². The van der Waals surface area contributed by atoms with Crippen LogP contribution >= 0.6 is 24.4 Å². The molecule has 30 heavy (non-hydrogen) atoms. The highest BCUT2D eigenvalue weighted by Gasteiger charge is 2.02. The van der Waals surface area contributed by atoms with Crippen molar-refractivity contribution in [1.29, 1.82) is 0 Å². The zero-order valence-electron chi connectivity index (χ0n) is 17.1. The van der Waals surface area contributed by atoms with Gasteiger partial charge in [-0.3, -0.25) is 10.9 Å². The number of hydrazone groups is 2. The van der Waals surface area contributed by atoms with Crippen LogP contribution in [0, 0.1) is 0 Å². The molecule has 0 aliphatic heterocycles. The second kappa shape index (κ2) is 11.7. The Morgan fingerprint density at radius 1 is 0.667 bits per heavy atom. The molecule has 0 saturated carbocycles. The predicted molar refractivity (Wildman–Crippen MR) is 131 cm³/mol. The molecule has 0 aliphatic carbocycles. The molecule has 0 amide bonds. The van der Waals surface area contributed by atoms with Gasteiger partial charge in [0.25, 0.3) is 0 Å². The number of ether oxygens (including phenoxy) is 2. The molecule has 10 heteroatoms. The SMILES string of the molecule is COc1ccc(NC(=S)N/N=C(C)/C(C)=N/NC(=S)Nc2ccc(OC)cc2)cc1. The molecule has 0 fully saturated rings. The number of benzene rings is 2. The Kier molecular flexibility index (Phi) is 8.98. The van der Waals surface area contributed by atoms with E-state index in [0.29, 0.717) is 21.6 Å². The molecule has 4 N–H and O–H groups in total. The highest BCUT2D eigenvalue weighted by molar-refractivity contribution is 7.80. The fraction of sp³-hybridized carbons (Fsp3) is 0.200. The Morgan fingerprint density at radius 3 is 1.30 bits per heavy atom. The Hall–Kier alpha value is -3.24. The Morgan fingerprint density at radius 2 is 1.00 bits per heavy atom. The van der Waals surface area contributed by atoms with Crippen molar-refractivity contribution in [2.45, 2.75) is 13.8 Å². The molecule has 2 aromatic rings. The second-order valence-corrected chi connectivity index (χ2v) is 6.80. The van der Waals surface area contributed by atoms with E-state index in [1.165, 1.54) is 0 Å². The molecular weight excluding hydrogens is 420 g/mol. The second-order valence-electron chi connectivity index (χ2n) is 5.98. The number of rotatable bonds is 7. The van der Waals surface area contributed by atoms with Crippen molar-refractivity contribution in [3.8, 4) is 11.5 Å². The largest absolute Gasteiger partial charge is 0.497 e. The standard InChI is InChI=1S/C20H24N6O2S2/c1-13(23-25-19(29)21-15-5-9-17(27-3)10-6-15)14(2)24-26-20(30)22-16-7-11-18(28-4)12-8-16/h5-12H,1-4H3,(H2,21,25,29)(H2,22,26,30)/b23-13+,24-14+. The summed E-state index contributed by atoms with van der Waals surface area (Å²) in [6.07, 6.45) is 0. The topological polar surface area (TPSA) is 91.3 Å². The fourth-order valence-electron chi connectivity index (χ4n) is 2.10. The van der Waals surface area contributed by atoms with Crippen molar-refractivity contribution in [2.24, 2.45) is 10.2 Å². The lowest BCUT2D eigenvalue weighted by atomic mass is 10.3. The smallest absolute Gasteiger partial charge is 0.191 e. The first-order valence-corrected chi connectivity index (χ1v) is 9.74. The molecule has 2 aromatic carbocycles. The predicted octanol–water partition coefficient (Wildman–Crippen LogP) is 3.73. The fourth-order valence-corrected chi connectivity index (χ4v) is 2.42. The number of nitrogens with zero attached hydrogens (tertiary/aromatic N) is 2. The summed E-state index contributed by atoms with van der Waals surface area (Å²) in [7, 11) is 3.24. The molecule has 158 valence electrons. The van der Waals surface area contributed by atoms with Gasteiger partial charge >= 0.3 is 0 Å². The number of methoxy groups -OCH3 is 2. The van der Waals surface area contributed by atoms with Crippen LogP contribution in [-0.2, 0) is 0 Å². The maximum absolute atomic E-state index is 5.24. The number of nitrogens with one attached hydrogen (secondary N) is 4. The Balaban J connectivity index is 1.82. The molecular formula is C20H24N6O2S2. The zero-order valence-corrected chi connectivity index (χ0v) is 18.8. The van der Waals surface area contributed by atoms with Gasteiger partial charge in [-0.15, -0.1) is 0 Å². The third-order valence-corrected chi connectivity index (χ3v) is 4.26. The van der Waals surface area contributed by atoms with Crippen molar-refractivity contribution in [2.75, 3.05) is 24.9 Å². The quantitative estimate of drug-likeness (QED) is 0.292. The highest BCUT2D eigenvalue weighted by atomic mass is 32.1. The van der Waals surface area contributed by atoms with Crippen LogP contribution in [-0.4, -0.2) is 35.9 Å². The number of hydrogen-bond acceptors (Lipinski definition) is 6. The summed E-state index contributed by atoms with van der Waals surface area (Å²) in [5.41, 5.74) is 8.51. The van der Waals surface area contributed by atoms with E-state index < -0.39 is 0 Å². The number of hydrogen-bond donors (Lipinski definition) is 4. The molecule has 0 aliphatic rings. The van der Waals surface area contributed by atoms with Crippen molar-refractivity contribution in [1.82, 2.24) is 10.9 Å². The summed E-state index contributed by atoms with van der Waals surface area (Å²) >= 11 is 10.5. The van der Waals surface area contributed by atoms with Gasteiger partial charge < -0.3 is 20.1 Å². The van der Waals surface area contributed by atoms with Crippen molar-refractivity contribution in [3.63, 3.8) is 0 Å². The van der Waals surface area contributed by atoms with E-state index in [1.54, 1.807) is 14.2 Å². The molecule has 0 atom stereocenters. The Bertz CT molecular complexity index is 850. The van der Waals surface area contributed by atoms with Crippen LogP contribution in [0.15, 0.2) is 58.7 Å². The minimum absolute atomic E-state index is 0.358. The molecule has 0 saturated heterocycles. The minimum Gasteiger partial charge on any atom is -0.497 e. The number of anilines is 2. The van der Waals surface area contributed by atoms with Crippen LogP contribution in [0.4, 0.5) is 11.4 Å². The third kappa shape index (κ3) is 7.64. The summed E-state index contributed by atoms with van der Waals surface area (Å²) in [6.45, 7) is 3.62. The average Bonchev–Trinajstić information content (AvgIpc) is 2.76. The van der Waals surface area contributed by atoms with Crippen LogP contribution in [0.3, 0.4) is 0 Å². The summed E-state index contributed by atoms with van der Waals surface area (Å²) in [5, 5.41) is 15.2. The van der Waals surface area contributed by atoms with Crippen LogP contribution in [0.1, 0.15) is 13.8 Å². The van der Waals surface area contributed by atoms with E-state index in [0.717, 1.165) is 22.9 Å². The van der Waals surface area contributed by atoms with Gasteiger partial charge in [0.05, 0.1) is 25.6 Å². The van der Waals surface area contributed by atoms with Gasteiger partial charge in [0.2, 0.25) is 0 Å². The molecule has 0 spiro atoms. The van der Waals surface area contributed by atoms with Crippen LogP contribution in [0.25, 0.3) is 0 Å². The lowest BCUT2D eigenvalue weighted by Crippen LogP contribution is -2.28. The lowest BCUT2D eigenvalue weighted by molar-refractivity contribution is 0.415. The maximum Gasteiger partial charge on any atom is 0.191 e. The lowest BCUT2D eigenvalue weighted by Gasteiger charge is -2.10.